The molecule has 4 nitrogen and oxygen atoms in total. The van der Waals surface area contributed by atoms with Crippen molar-refractivity contribution in [2.45, 2.75) is 19.9 Å². The van der Waals surface area contributed by atoms with E-state index in [1.807, 2.05) is 0 Å². The number of piperazine rings is 1. The summed E-state index contributed by atoms with van der Waals surface area (Å²) >= 11 is 0. The van der Waals surface area contributed by atoms with Gasteiger partial charge in [0.05, 0.1) is 0 Å². The number of nitrogens with one attached hydrogen (secondary N) is 1. The maximum absolute atomic E-state index is 10.8. The molecule has 1 aliphatic rings. The van der Waals surface area contributed by atoms with Crippen molar-refractivity contribution in [2.75, 3.05) is 19.6 Å². The van der Waals surface area contributed by atoms with Gasteiger partial charge in [0, 0.05) is 25.7 Å². The molecule has 1 unspecified atom stereocenters. The Labute approximate surface area is 73.1 Å². The van der Waals surface area contributed by atoms with Gasteiger partial charge in [-0.15, -0.1) is 0 Å². The van der Waals surface area contributed by atoms with Crippen molar-refractivity contribution in [3.8, 4) is 0 Å². The second kappa shape index (κ2) is 3.76. The lowest BCUT2D eigenvalue weighted by Gasteiger charge is -2.34. The van der Waals surface area contributed by atoms with Crippen LogP contribution in [0.1, 0.15) is 13.8 Å². The van der Waals surface area contributed by atoms with E-state index in [-0.39, 0.29) is 6.03 Å². The van der Waals surface area contributed by atoms with Crippen molar-refractivity contribution in [1.29, 1.82) is 0 Å². The van der Waals surface area contributed by atoms with Crippen LogP contribution < -0.4 is 11.1 Å². The minimum Gasteiger partial charge on any atom is -0.351 e. The van der Waals surface area contributed by atoms with Crippen LogP contribution >= 0.6 is 0 Å². The molecule has 1 fully saturated rings. The van der Waals surface area contributed by atoms with Crippen LogP contribution in [0.2, 0.25) is 0 Å². The number of hydrogen-bond donors (Lipinski definition) is 2. The Kier molecular flexibility index (Phi) is 2.92. The highest BCUT2D eigenvalue weighted by atomic mass is 16.2. The number of nitrogens with two attached hydrogens (primary N) is 1. The fourth-order valence-corrected chi connectivity index (χ4v) is 1.42. The summed E-state index contributed by atoms with van der Waals surface area (Å²) in [5, 5.41) is 3.35. The van der Waals surface area contributed by atoms with Crippen LogP contribution in [0.3, 0.4) is 0 Å². The van der Waals surface area contributed by atoms with E-state index in [1.54, 1.807) is 4.90 Å². The van der Waals surface area contributed by atoms with Crippen LogP contribution in [0.25, 0.3) is 0 Å². The molecular formula is C8H17N3O. The molecule has 1 heterocycles. The number of rotatable bonds is 1. The normalized spacial score (nSPS) is 24.6. The van der Waals surface area contributed by atoms with Gasteiger partial charge < -0.3 is 16.0 Å². The number of hydrogen-bond acceptors (Lipinski definition) is 2. The highest BCUT2D eigenvalue weighted by molar-refractivity contribution is 5.72. The zero-order chi connectivity index (χ0) is 9.14. The summed E-state index contributed by atoms with van der Waals surface area (Å²) in [5.74, 6) is 0.548. The second-order valence-corrected chi connectivity index (χ2v) is 3.59. The van der Waals surface area contributed by atoms with Crippen LogP contribution in [0.5, 0.6) is 0 Å². The second-order valence-electron chi connectivity index (χ2n) is 3.59. The largest absolute Gasteiger partial charge is 0.351 e. The molecule has 0 saturated carbocycles. The first kappa shape index (κ1) is 9.32. The van der Waals surface area contributed by atoms with Gasteiger partial charge in [0.1, 0.15) is 0 Å². The lowest BCUT2D eigenvalue weighted by molar-refractivity contribution is 0.174. The minimum absolute atomic E-state index is 0.304. The van der Waals surface area contributed by atoms with Gasteiger partial charge in [-0.25, -0.2) is 4.79 Å². The summed E-state index contributed by atoms with van der Waals surface area (Å²) in [6.07, 6.45) is 0. The predicted molar refractivity (Wildman–Crippen MR) is 47.8 cm³/mol. The molecule has 1 aliphatic heterocycles. The van der Waals surface area contributed by atoms with E-state index in [0.29, 0.717) is 12.0 Å². The number of carbonyl (C=O) groups excluding carboxylic acids is 1. The molecule has 2 amide bonds. The molecular weight excluding hydrogens is 154 g/mol. The summed E-state index contributed by atoms with van der Waals surface area (Å²) in [4.78, 5) is 12.5. The first-order valence-corrected chi connectivity index (χ1v) is 4.39. The van der Waals surface area contributed by atoms with Gasteiger partial charge in [0.2, 0.25) is 0 Å². The monoisotopic (exact) mass is 171 g/mol. The Morgan fingerprint density at radius 2 is 2.33 bits per heavy atom. The van der Waals surface area contributed by atoms with Crippen molar-refractivity contribution in [3.05, 3.63) is 0 Å². The minimum atomic E-state index is -0.304. The first-order chi connectivity index (χ1) is 5.61. The van der Waals surface area contributed by atoms with Gasteiger partial charge in [0.25, 0.3) is 0 Å². The zero-order valence-electron chi connectivity index (χ0n) is 7.71. The van der Waals surface area contributed by atoms with Crippen molar-refractivity contribution < 1.29 is 4.79 Å². The fraction of sp³-hybridized carbons (Fsp3) is 0.875. The standard InChI is InChI=1S/C8H17N3O/c1-6(2)7-5-11(8(9)12)4-3-10-7/h6-7,10H,3-5H2,1-2H3,(H2,9,12). The van der Waals surface area contributed by atoms with E-state index in [0.717, 1.165) is 19.6 Å². The lowest BCUT2D eigenvalue weighted by Crippen LogP contribution is -2.55. The average Bonchev–Trinajstić information content (AvgIpc) is 2.04. The summed E-state index contributed by atoms with van der Waals surface area (Å²) in [6, 6.07) is 0.0911. The SMILES string of the molecule is CC(C)C1CN(C(N)=O)CCN1. The molecule has 1 saturated heterocycles. The molecule has 0 aliphatic carbocycles. The third kappa shape index (κ3) is 2.11. The van der Waals surface area contributed by atoms with Gasteiger partial charge in [-0.05, 0) is 5.92 Å². The van der Waals surface area contributed by atoms with Crippen molar-refractivity contribution >= 4 is 6.03 Å². The number of urea groups is 1. The Bertz CT molecular complexity index is 170. The molecule has 0 radical (unpaired) electrons. The van der Waals surface area contributed by atoms with Crippen LogP contribution in [-0.2, 0) is 0 Å². The molecule has 0 aromatic carbocycles. The first-order valence-electron chi connectivity index (χ1n) is 4.39. The Morgan fingerprint density at radius 1 is 1.67 bits per heavy atom. The summed E-state index contributed by atoms with van der Waals surface area (Å²) in [6.45, 7) is 6.61. The van der Waals surface area contributed by atoms with Crippen molar-refractivity contribution in [1.82, 2.24) is 10.2 Å². The summed E-state index contributed by atoms with van der Waals surface area (Å²) < 4.78 is 0. The molecule has 3 N–H and O–H groups in total. The van der Waals surface area contributed by atoms with Gasteiger partial charge in [0.15, 0.2) is 0 Å². The van der Waals surface area contributed by atoms with Crippen LogP contribution in [-0.4, -0.2) is 36.6 Å². The van der Waals surface area contributed by atoms with Gasteiger partial charge in [-0.1, -0.05) is 13.8 Å². The van der Waals surface area contributed by atoms with Gasteiger partial charge >= 0.3 is 6.03 Å². The third-order valence-corrected chi connectivity index (χ3v) is 2.32. The van der Waals surface area contributed by atoms with Crippen LogP contribution in [0.15, 0.2) is 0 Å². The lowest BCUT2D eigenvalue weighted by atomic mass is 10.0. The average molecular weight is 171 g/mol. The fourth-order valence-electron chi connectivity index (χ4n) is 1.42. The molecule has 0 aromatic heterocycles. The summed E-state index contributed by atoms with van der Waals surface area (Å²) in [7, 11) is 0. The van der Waals surface area contributed by atoms with Gasteiger partial charge in [-0.2, -0.15) is 0 Å². The van der Waals surface area contributed by atoms with Crippen molar-refractivity contribution in [3.63, 3.8) is 0 Å². The Morgan fingerprint density at radius 3 is 2.83 bits per heavy atom. The maximum Gasteiger partial charge on any atom is 0.314 e. The van der Waals surface area contributed by atoms with E-state index in [1.165, 1.54) is 0 Å². The van der Waals surface area contributed by atoms with E-state index in [2.05, 4.69) is 19.2 Å². The van der Waals surface area contributed by atoms with E-state index in [9.17, 15) is 4.79 Å². The van der Waals surface area contributed by atoms with Crippen LogP contribution in [0, 0.1) is 5.92 Å². The van der Waals surface area contributed by atoms with E-state index < -0.39 is 0 Å². The molecule has 4 heteroatoms. The number of primary amides is 1. The molecule has 0 aromatic rings. The molecule has 70 valence electrons. The highest BCUT2D eigenvalue weighted by Gasteiger charge is 2.23. The van der Waals surface area contributed by atoms with E-state index >= 15 is 0 Å². The smallest absolute Gasteiger partial charge is 0.314 e. The molecule has 1 atom stereocenters. The predicted octanol–water partition coefficient (Wildman–Crippen LogP) is -0.00510. The molecule has 0 spiro atoms. The quantitative estimate of drug-likeness (QED) is 0.583. The maximum atomic E-state index is 10.8. The summed E-state index contributed by atoms with van der Waals surface area (Å²) in [5.41, 5.74) is 5.19. The number of nitrogens with zero attached hydrogens (tertiary/aromatic N) is 1. The topological polar surface area (TPSA) is 58.4 Å². The van der Waals surface area contributed by atoms with Crippen molar-refractivity contribution in [2.24, 2.45) is 11.7 Å². The van der Waals surface area contributed by atoms with E-state index in [4.69, 9.17) is 5.73 Å². The third-order valence-electron chi connectivity index (χ3n) is 2.32. The number of carbonyl (C=O) groups is 1. The number of amides is 2. The highest BCUT2D eigenvalue weighted by Crippen LogP contribution is 2.07. The van der Waals surface area contributed by atoms with Gasteiger partial charge in [-0.3, -0.25) is 0 Å². The zero-order valence-corrected chi connectivity index (χ0v) is 7.71. The Balaban J connectivity index is 2.46. The molecule has 0 bridgehead atoms. The molecule has 1 rings (SSSR count). The van der Waals surface area contributed by atoms with Crippen LogP contribution in [0.4, 0.5) is 4.79 Å². The Hall–Kier alpha value is -0.770. The molecule has 12 heavy (non-hydrogen) atoms.